The Balaban J connectivity index is 1.48. The van der Waals surface area contributed by atoms with Gasteiger partial charge in [-0.2, -0.15) is 0 Å². The Morgan fingerprint density at radius 3 is 2.68 bits per heavy atom. The van der Waals surface area contributed by atoms with Crippen molar-refractivity contribution in [2.75, 3.05) is 24.7 Å². The molecular formula is C27H29ClN6O2S. The fraction of sp³-hybridized carbons (Fsp3) is 0.333. The number of benzene rings is 2. The maximum Gasteiger partial charge on any atom is 0.289 e. The number of anilines is 1. The molecule has 2 N–H and O–H groups in total. The highest BCUT2D eigenvalue weighted by Crippen LogP contribution is 2.32. The molecule has 1 aliphatic heterocycles. The SMILES string of the molecule is CSN1CCC(NC(=O)c2nc(NCc3cccc(Cl)c3)c3cc(-c4c(C)noc4C)ccc3n2)CC1. The molecule has 2 aromatic heterocycles. The van der Waals surface area contributed by atoms with Crippen molar-refractivity contribution < 1.29 is 9.32 Å². The fourth-order valence-corrected chi connectivity index (χ4v) is 5.47. The quantitative estimate of drug-likeness (QED) is 0.293. The van der Waals surface area contributed by atoms with Gasteiger partial charge in [-0.25, -0.2) is 9.97 Å². The molecule has 5 rings (SSSR count). The molecule has 10 heteroatoms. The molecule has 0 saturated carbocycles. The lowest BCUT2D eigenvalue weighted by Crippen LogP contribution is -2.43. The van der Waals surface area contributed by atoms with E-state index in [4.69, 9.17) is 16.1 Å². The molecule has 1 fully saturated rings. The Kier molecular flexibility index (Phi) is 7.64. The molecule has 0 unspecified atom stereocenters. The van der Waals surface area contributed by atoms with Crippen molar-refractivity contribution in [1.82, 2.24) is 24.7 Å². The zero-order chi connectivity index (χ0) is 25.9. The van der Waals surface area contributed by atoms with Crippen LogP contribution >= 0.6 is 23.5 Å². The summed E-state index contributed by atoms with van der Waals surface area (Å²) in [4.78, 5) is 22.5. The summed E-state index contributed by atoms with van der Waals surface area (Å²) in [7, 11) is 0. The van der Waals surface area contributed by atoms with Crippen molar-refractivity contribution in [2.24, 2.45) is 0 Å². The van der Waals surface area contributed by atoms with E-state index in [1.165, 1.54) is 0 Å². The van der Waals surface area contributed by atoms with E-state index in [0.717, 1.165) is 59.5 Å². The molecular weight excluding hydrogens is 508 g/mol. The third kappa shape index (κ3) is 5.74. The summed E-state index contributed by atoms with van der Waals surface area (Å²) in [6.07, 6.45) is 3.89. The average Bonchev–Trinajstić information content (AvgIpc) is 3.24. The Morgan fingerprint density at radius 2 is 1.97 bits per heavy atom. The van der Waals surface area contributed by atoms with E-state index in [9.17, 15) is 4.79 Å². The number of amides is 1. The second-order valence-electron chi connectivity index (χ2n) is 9.17. The standard InChI is InChI=1S/C27H29ClN6O2S/c1-16-24(17(2)36-33-16)19-7-8-23-22(14-19)25(29-15-18-5-4-6-20(28)13-18)32-26(31-23)27(35)30-21-9-11-34(37-3)12-10-21/h4-8,13-14,21H,9-12,15H2,1-3H3,(H,30,35)(H,29,31,32). The summed E-state index contributed by atoms with van der Waals surface area (Å²) in [5.41, 5.74) is 4.40. The zero-order valence-corrected chi connectivity index (χ0v) is 22.6. The first-order valence-corrected chi connectivity index (χ1v) is 13.8. The van der Waals surface area contributed by atoms with Gasteiger partial charge in [0.05, 0.1) is 11.2 Å². The second-order valence-corrected chi connectivity index (χ2v) is 10.5. The predicted octanol–water partition coefficient (Wildman–Crippen LogP) is 5.64. The van der Waals surface area contributed by atoms with Gasteiger partial charge < -0.3 is 15.2 Å². The molecule has 1 saturated heterocycles. The number of fused-ring (bicyclic) bond motifs is 1. The lowest BCUT2D eigenvalue weighted by Gasteiger charge is -2.30. The lowest BCUT2D eigenvalue weighted by molar-refractivity contribution is 0.0914. The first-order valence-electron chi connectivity index (χ1n) is 12.2. The molecule has 1 amide bonds. The van der Waals surface area contributed by atoms with Crippen LogP contribution in [0.15, 0.2) is 47.0 Å². The lowest BCUT2D eigenvalue weighted by atomic mass is 10.0. The van der Waals surface area contributed by atoms with Gasteiger partial charge in [0, 0.05) is 41.6 Å². The van der Waals surface area contributed by atoms with Gasteiger partial charge in [-0.05, 0) is 68.3 Å². The van der Waals surface area contributed by atoms with Crippen LogP contribution in [-0.2, 0) is 6.54 Å². The number of rotatable bonds is 7. The molecule has 37 heavy (non-hydrogen) atoms. The summed E-state index contributed by atoms with van der Waals surface area (Å²) < 4.78 is 7.69. The number of piperidine rings is 1. The number of nitrogens with one attached hydrogen (secondary N) is 2. The smallest absolute Gasteiger partial charge is 0.289 e. The fourth-order valence-electron chi connectivity index (χ4n) is 4.68. The third-order valence-corrected chi connectivity index (χ3v) is 7.73. The van der Waals surface area contributed by atoms with Gasteiger partial charge in [0.15, 0.2) is 0 Å². The molecule has 0 radical (unpaired) electrons. The number of aromatic nitrogens is 3. The van der Waals surface area contributed by atoms with Crippen LogP contribution in [0.2, 0.25) is 5.02 Å². The number of carbonyl (C=O) groups excluding carboxylic acids is 1. The number of nitrogens with zero attached hydrogens (tertiary/aromatic N) is 4. The third-order valence-electron chi connectivity index (χ3n) is 6.62. The van der Waals surface area contributed by atoms with Gasteiger partial charge in [-0.3, -0.25) is 9.10 Å². The van der Waals surface area contributed by atoms with Gasteiger partial charge in [-0.1, -0.05) is 46.9 Å². The van der Waals surface area contributed by atoms with Crippen molar-refractivity contribution in [3.8, 4) is 11.1 Å². The van der Waals surface area contributed by atoms with Crippen LogP contribution in [0.5, 0.6) is 0 Å². The Morgan fingerprint density at radius 1 is 1.16 bits per heavy atom. The van der Waals surface area contributed by atoms with Gasteiger partial charge in [-0.15, -0.1) is 0 Å². The molecule has 2 aromatic carbocycles. The number of hydrogen-bond donors (Lipinski definition) is 2. The van der Waals surface area contributed by atoms with E-state index in [0.29, 0.717) is 22.9 Å². The molecule has 0 aliphatic carbocycles. The number of aryl methyl sites for hydroxylation is 2. The van der Waals surface area contributed by atoms with E-state index in [-0.39, 0.29) is 17.8 Å². The predicted molar refractivity (Wildman–Crippen MR) is 149 cm³/mol. The molecule has 0 bridgehead atoms. The number of hydrogen-bond acceptors (Lipinski definition) is 8. The summed E-state index contributed by atoms with van der Waals surface area (Å²) >= 11 is 7.92. The summed E-state index contributed by atoms with van der Waals surface area (Å²) in [5.74, 6) is 1.22. The van der Waals surface area contributed by atoms with Crippen molar-refractivity contribution in [1.29, 1.82) is 0 Å². The van der Waals surface area contributed by atoms with Crippen LogP contribution in [-0.4, -0.2) is 50.7 Å². The topological polar surface area (TPSA) is 96.2 Å². The molecule has 192 valence electrons. The van der Waals surface area contributed by atoms with Gasteiger partial charge >= 0.3 is 0 Å². The van der Waals surface area contributed by atoms with Crippen LogP contribution in [0, 0.1) is 13.8 Å². The van der Waals surface area contributed by atoms with Crippen molar-refractivity contribution in [2.45, 2.75) is 39.3 Å². The molecule has 0 atom stereocenters. The van der Waals surface area contributed by atoms with E-state index in [2.05, 4.69) is 36.3 Å². The summed E-state index contributed by atoms with van der Waals surface area (Å²) in [6, 6.07) is 13.7. The van der Waals surface area contributed by atoms with Crippen molar-refractivity contribution >= 4 is 46.2 Å². The first-order chi connectivity index (χ1) is 17.9. The number of halogens is 1. The Hall–Kier alpha value is -3.14. The molecule has 1 aliphatic rings. The minimum Gasteiger partial charge on any atom is -0.365 e. The van der Waals surface area contributed by atoms with Gasteiger partial charge in [0.25, 0.3) is 5.91 Å². The van der Waals surface area contributed by atoms with Crippen LogP contribution in [0.25, 0.3) is 22.0 Å². The maximum absolute atomic E-state index is 13.2. The van der Waals surface area contributed by atoms with E-state index < -0.39 is 0 Å². The van der Waals surface area contributed by atoms with Crippen molar-refractivity contribution in [3.05, 3.63) is 70.3 Å². The summed E-state index contributed by atoms with van der Waals surface area (Å²) in [6.45, 7) is 6.20. The molecule has 0 spiro atoms. The minimum absolute atomic E-state index is 0.111. The van der Waals surface area contributed by atoms with Crippen LogP contribution in [0.3, 0.4) is 0 Å². The van der Waals surface area contributed by atoms with E-state index in [1.54, 1.807) is 11.9 Å². The monoisotopic (exact) mass is 536 g/mol. The average molecular weight is 537 g/mol. The van der Waals surface area contributed by atoms with Crippen molar-refractivity contribution in [3.63, 3.8) is 0 Å². The van der Waals surface area contributed by atoms with Crippen LogP contribution in [0.1, 0.15) is 40.5 Å². The van der Waals surface area contributed by atoms with Crippen LogP contribution < -0.4 is 10.6 Å². The van der Waals surface area contributed by atoms with E-state index >= 15 is 0 Å². The minimum atomic E-state index is -0.259. The Labute approximate surface area is 225 Å². The Bertz CT molecular complexity index is 1410. The normalized spacial score (nSPS) is 14.7. The summed E-state index contributed by atoms with van der Waals surface area (Å²) in [5, 5.41) is 12.1. The molecule has 8 nitrogen and oxygen atoms in total. The highest BCUT2D eigenvalue weighted by Gasteiger charge is 2.23. The maximum atomic E-state index is 13.2. The van der Waals surface area contributed by atoms with Gasteiger partial charge in [0.2, 0.25) is 5.82 Å². The zero-order valence-electron chi connectivity index (χ0n) is 21.0. The van der Waals surface area contributed by atoms with Crippen LogP contribution in [0.4, 0.5) is 5.82 Å². The van der Waals surface area contributed by atoms with Gasteiger partial charge in [0.1, 0.15) is 11.6 Å². The second kappa shape index (κ2) is 11.1. The van der Waals surface area contributed by atoms with E-state index in [1.807, 2.05) is 56.3 Å². The molecule has 3 heterocycles. The highest BCUT2D eigenvalue weighted by molar-refractivity contribution is 7.96. The first kappa shape index (κ1) is 25.5. The number of carbonyl (C=O) groups is 1. The molecule has 4 aromatic rings. The highest BCUT2D eigenvalue weighted by atomic mass is 35.5. The largest absolute Gasteiger partial charge is 0.365 e.